The van der Waals surface area contributed by atoms with Gasteiger partial charge in [0.25, 0.3) is 5.91 Å². The van der Waals surface area contributed by atoms with Gasteiger partial charge < -0.3 is 14.0 Å². The van der Waals surface area contributed by atoms with Crippen molar-refractivity contribution >= 4 is 5.91 Å². The van der Waals surface area contributed by atoms with Crippen molar-refractivity contribution in [1.29, 1.82) is 0 Å². The second-order valence-electron chi connectivity index (χ2n) is 6.48. The van der Waals surface area contributed by atoms with Crippen molar-refractivity contribution in [2.45, 2.75) is 39.3 Å². The summed E-state index contributed by atoms with van der Waals surface area (Å²) in [7, 11) is 1.90. The van der Waals surface area contributed by atoms with Gasteiger partial charge in [0.1, 0.15) is 11.5 Å². The molecule has 0 bridgehead atoms. The van der Waals surface area contributed by atoms with Gasteiger partial charge in [-0.25, -0.2) is 4.98 Å². The van der Waals surface area contributed by atoms with Crippen molar-refractivity contribution in [2.75, 3.05) is 13.6 Å². The van der Waals surface area contributed by atoms with Crippen molar-refractivity contribution in [3.63, 3.8) is 0 Å². The summed E-state index contributed by atoms with van der Waals surface area (Å²) < 4.78 is 4.24. The molecule has 0 saturated carbocycles. The summed E-state index contributed by atoms with van der Waals surface area (Å²) in [5.41, 5.74) is 0.773. The predicted octanol–water partition coefficient (Wildman–Crippen LogP) is 2.60. The molecule has 1 aliphatic rings. The van der Waals surface area contributed by atoms with Crippen LogP contribution >= 0.6 is 0 Å². The van der Waals surface area contributed by atoms with Crippen molar-refractivity contribution in [2.24, 2.45) is 5.92 Å². The van der Waals surface area contributed by atoms with Crippen LogP contribution in [0.15, 0.2) is 30.7 Å². The van der Waals surface area contributed by atoms with Gasteiger partial charge in [-0.05, 0) is 38.3 Å². The first-order chi connectivity index (χ1) is 10.6. The van der Waals surface area contributed by atoms with Gasteiger partial charge in [-0.3, -0.25) is 4.79 Å². The SMILES string of the molecule is CC(C)n1cccc1C(=O)N(C)CC1CCn2ccnc2C1. The van der Waals surface area contributed by atoms with E-state index in [2.05, 4.69) is 23.4 Å². The minimum Gasteiger partial charge on any atom is -0.341 e. The van der Waals surface area contributed by atoms with E-state index in [1.807, 2.05) is 47.2 Å². The molecule has 0 N–H and O–H groups in total. The van der Waals surface area contributed by atoms with Crippen LogP contribution in [0, 0.1) is 5.92 Å². The minimum absolute atomic E-state index is 0.104. The Labute approximate surface area is 131 Å². The molecule has 1 aliphatic heterocycles. The maximum absolute atomic E-state index is 12.7. The lowest BCUT2D eigenvalue weighted by atomic mass is 9.97. The largest absolute Gasteiger partial charge is 0.341 e. The smallest absolute Gasteiger partial charge is 0.270 e. The van der Waals surface area contributed by atoms with E-state index in [4.69, 9.17) is 0 Å². The Morgan fingerprint density at radius 2 is 2.27 bits per heavy atom. The third-order valence-electron chi connectivity index (χ3n) is 4.48. The molecular weight excluding hydrogens is 276 g/mol. The van der Waals surface area contributed by atoms with Gasteiger partial charge in [0.15, 0.2) is 0 Å². The summed E-state index contributed by atoms with van der Waals surface area (Å²) in [5, 5.41) is 0. The Hall–Kier alpha value is -2.04. The highest BCUT2D eigenvalue weighted by atomic mass is 16.2. The number of amides is 1. The quantitative estimate of drug-likeness (QED) is 0.871. The monoisotopic (exact) mass is 300 g/mol. The topological polar surface area (TPSA) is 43.1 Å². The van der Waals surface area contributed by atoms with Gasteiger partial charge in [-0.2, -0.15) is 0 Å². The number of rotatable bonds is 4. The first-order valence-corrected chi connectivity index (χ1v) is 7.98. The van der Waals surface area contributed by atoms with E-state index in [0.29, 0.717) is 12.0 Å². The number of nitrogens with zero attached hydrogens (tertiary/aromatic N) is 4. The second kappa shape index (κ2) is 5.99. The van der Waals surface area contributed by atoms with E-state index in [1.165, 1.54) is 0 Å². The normalized spacial score (nSPS) is 17.5. The van der Waals surface area contributed by atoms with Gasteiger partial charge in [-0.15, -0.1) is 0 Å². The Bertz CT molecular complexity index is 655. The lowest BCUT2D eigenvalue weighted by Gasteiger charge is -2.28. The molecule has 22 heavy (non-hydrogen) atoms. The summed E-state index contributed by atoms with van der Waals surface area (Å²) in [6.07, 6.45) is 7.93. The number of fused-ring (bicyclic) bond motifs is 1. The van der Waals surface area contributed by atoms with E-state index >= 15 is 0 Å². The summed E-state index contributed by atoms with van der Waals surface area (Å²) in [4.78, 5) is 18.9. The number of aryl methyl sites for hydroxylation is 1. The fourth-order valence-electron chi connectivity index (χ4n) is 3.26. The highest BCUT2D eigenvalue weighted by Crippen LogP contribution is 2.21. The van der Waals surface area contributed by atoms with Crippen LogP contribution in [-0.2, 0) is 13.0 Å². The molecule has 0 radical (unpaired) electrons. The molecule has 0 spiro atoms. The van der Waals surface area contributed by atoms with Crippen LogP contribution < -0.4 is 0 Å². The Morgan fingerprint density at radius 3 is 3.05 bits per heavy atom. The fourth-order valence-corrected chi connectivity index (χ4v) is 3.26. The summed E-state index contributed by atoms with van der Waals surface area (Å²) in [6.45, 7) is 5.98. The zero-order chi connectivity index (χ0) is 15.7. The lowest BCUT2D eigenvalue weighted by Crippen LogP contribution is -2.36. The van der Waals surface area contributed by atoms with Crippen molar-refractivity contribution in [1.82, 2.24) is 19.0 Å². The van der Waals surface area contributed by atoms with Crippen LogP contribution in [0.25, 0.3) is 0 Å². The zero-order valence-corrected chi connectivity index (χ0v) is 13.6. The number of imidazole rings is 1. The fraction of sp³-hybridized carbons (Fsp3) is 0.529. The molecule has 1 atom stereocenters. The van der Waals surface area contributed by atoms with E-state index in [9.17, 15) is 4.79 Å². The number of carbonyl (C=O) groups excluding carboxylic acids is 1. The first-order valence-electron chi connectivity index (χ1n) is 7.98. The molecular formula is C17H24N4O. The van der Waals surface area contributed by atoms with Gasteiger partial charge in [0.2, 0.25) is 0 Å². The van der Waals surface area contributed by atoms with Crippen LogP contribution in [-0.4, -0.2) is 38.5 Å². The van der Waals surface area contributed by atoms with E-state index in [0.717, 1.165) is 37.4 Å². The average molecular weight is 300 g/mol. The van der Waals surface area contributed by atoms with Gasteiger partial charge in [0.05, 0.1) is 0 Å². The van der Waals surface area contributed by atoms with Crippen LogP contribution in [0.4, 0.5) is 0 Å². The summed E-state index contributed by atoms with van der Waals surface area (Å²) >= 11 is 0. The second-order valence-corrected chi connectivity index (χ2v) is 6.48. The molecule has 0 aliphatic carbocycles. The molecule has 0 fully saturated rings. The lowest BCUT2D eigenvalue weighted by molar-refractivity contribution is 0.0751. The summed E-state index contributed by atoms with van der Waals surface area (Å²) in [6, 6.07) is 4.15. The number of carbonyl (C=O) groups is 1. The van der Waals surface area contributed by atoms with Crippen molar-refractivity contribution < 1.29 is 4.79 Å². The molecule has 5 nitrogen and oxygen atoms in total. The van der Waals surface area contributed by atoms with Crippen molar-refractivity contribution in [3.8, 4) is 0 Å². The van der Waals surface area contributed by atoms with Gasteiger partial charge in [0, 0.05) is 51.2 Å². The number of hydrogen-bond acceptors (Lipinski definition) is 2. The van der Waals surface area contributed by atoms with E-state index < -0.39 is 0 Å². The standard InChI is InChI=1S/C17H24N4O/c1-13(2)21-8-4-5-15(21)17(22)19(3)12-14-6-9-20-10-7-18-16(20)11-14/h4-5,7-8,10,13-14H,6,9,11-12H2,1-3H3. The molecule has 2 aromatic heterocycles. The van der Waals surface area contributed by atoms with Crippen molar-refractivity contribution in [3.05, 3.63) is 42.2 Å². The molecule has 118 valence electrons. The molecule has 5 heteroatoms. The number of hydrogen-bond donors (Lipinski definition) is 0. The molecule has 1 amide bonds. The predicted molar refractivity (Wildman–Crippen MR) is 85.8 cm³/mol. The molecule has 3 heterocycles. The minimum atomic E-state index is 0.104. The van der Waals surface area contributed by atoms with E-state index in [1.54, 1.807) is 0 Å². The van der Waals surface area contributed by atoms with Gasteiger partial charge >= 0.3 is 0 Å². The Balaban J connectivity index is 1.66. The highest BCUT2D eigenvalue weighted by Gasteiger charge is 2.24. The Kier molecular flexibility index (Phi) is 4.05. The maximum atomic E-state index is 12.7. The molecule has 0 saturated heterocycles. The third-order valence-corrected chi connectivity index (χ3v) is 4.48. The molecule has 3 rings (SSSR count). The Morgan fingerprint density at radius 1 is 1.45 bits per heavy atom. The van der Waals surface area contributed by atoms with Crippen LogP contribution in [0.2, 0.25) is 0 Å². The van der Waals surface area contributed by atoms with E-state index in [-0.39, 0.29) is 5.91 Å². The molecule has 1 unspecified atom stereocenters. The van der Waals surface area contributed by atoms with Crippen LogP contribution in [0.3, 0.4) is 0 Å². The highest BCUT2D eigenvalue weighted by molar-refractivity contribution is 5.92. The molecule has 0 aromatic carbocycles. The third kappa shape index (κ3) is 2.80. The number of aromatic nitrogens is 3. The zero-order valence-electron chi connectivity index (χ0n) is 13.6. The average Bonchev–Trinajstić information content (AvgIpc) is 3.14. The van der Waals surface area contributed by atoms with Crippen LogP contribution in [0.1, 0.15) is 42.6 Å². The maximum Gasteiger partial charge on any atom is 0.270 e. The summed E-state index contributed by atoms with van der Waals surface area (Å²) in [5.74, 6) is 1.74. The van der Waals surface area contributed by atoms with Gasteiger partial charge in [-0.1, -0.05) is 0 Å². The molecule has 2 aromatic rings. The first kappa shape index (κ1) is 14.9. The van der Waals surface area contributed by atoms with Crippen LogP contribution in [0.5, 0.6) is 0 Å².